The maximum atomic E-state index is 12.8. The van der Waals surface area contributed by atoms with Crippen LogP contribution in [-0.4, -0.2) is 42.5 Å². The van der Waals surface area contributed by atoms with E-state index in [4.69, 9.17) is 9.47 Å². The second-order valence-corrected chi connectivity index (χ2v) is 6.74. The zero-order valence-electron chi connectivity index (χ0n) is 15.4. The van der Waals surface area contributed by atoms with Crippen LogP contribution in [0.4, 0.5) is 0 Å². The van der Waals surface area contributed by atoms with Gasteiger partial charge in [0.1, 0.15) is 11.4 Å². The fourth-order valence-corrected chi connectivity index (χ4v) is 3.71. The lowest BCUT2D eigenvalue weighted by Gasteiger charge is -2.41. The maximum Gasteiger partial charge on any atom is 0.340 e. The van der Waals surface area contributed by atoms with Crippen LogP contribution in [0.15, 0.2) is 36.5 Å². The first-order valence-corrected chi connectivity index (χ1v) is 8.73. The van der Waals surface area contributed by atoms with Crippen LogP contribution < -0.4 is 10.1 Å². The summed E-state index contributed by atoms with van der Waals surface area (Å²) in [6, 6.07) is 8.75. The molecule has 0 aliphatic carbocycles. The zero-order chi connectivity index (χ0) is 18.1. The summed E-state index contributed by atoms with van der Waals surface area (Å²) in [7, 11) is 1.34. The lowest BCUT2D eigenvalue weighted by atomic mass is 9.82. The minimum absolute atomic E-state index is 0. The molecule has 2 aliphatic rings. The van der Waals surface area contributed by atoms with Crippen LogP contribution in [-0.2, 0) is 4.74 Å². The highest BCUT2D eigenvalue weighted by Crippen LogP contribution is 2.39. The molecule has 0 amide bonds. The average Bonchev–Trinajstić information content (AvgIpc) is 2.68. The summed E-state index contributed by atoms with van der Waals surface area (Å²) in [5.74, 6) is 0.232. The Labute approximate surface area is 175 Å². The number of nitrogens with one attached hydrogen (secondary N) is 1. The molecule has 0 radical (unpaired) electrons. The van der Waals surface area contributed by atoms with E-state index in [-0.39, 0.29) is 36.2 Å². The number of hydrogen-bond donors (Lipinski definition) is 1. The quantitative estimate of drug-likeness (QED) is 0.743. The molecule has 1 aromatic heterocycles. The Morgan fingerprint density at radius 3 is 2.68 bits per heavy atom. The van der Waals surface area contributed by atoms with Crippen LogP contribution in [0.5, 0.6) is 5.75 Å². The minimum Gasteiger partial charge on any atom is -0.486 e. The van der Waals surface area contributed by atoms with Gasteiger partial charge in [0, 0.05) is 24.6 Å². The van der Waals surface area contributed by atoms with E-state index in [0.717, 1.165) is 25.9 Å². The molecule has 2 aliphatic heterocycles. The number of aromatic nitrogens is 1. The number of rotatable bonds is 2. The maximum absolute atomic E-state index is 12.8. The molecule has 0 bridgehead atoms. The number of esters is 1. The van der Waals surface area contributed by atoms with Crippen molar-refractivity contribution in [3.8, 4) is 17.0 Å². The van der Waals surface area contributed by atoms with E-state index in [1.807, 2.05) is 6.07 Å². The minimum atomic E-state index is -0.456. The van der Waals surface area contributed by atoms with Gasteiger partial charge in [-0.15, -0.1) is 24.8 Å². The molecule has 1 fully saturated rings. The Morgan fingerprint density at radius 1 is 1.21 bits per heavy atom. The molecule has 150 valence electrons. The van der Waals surface area contributed by atoms with Gasteiger partial charge in [-0.1, -0.05) is 0 Å². The number of hydrogen-bond acceptors (Lipinski definition) is 6. The topological polar surface area (TPSA) is 77.5 Å². The lowest BCUT2D eigenvalue weighted by Crippen LogP contribution is -2.49. The summed E-state index contributed by atoms with van der Waals surface area (Å²) in [5.41, 5.74) is 1.72. The van der Waals surface area contributed by atoms with Crippen LogP contribution in [0.25, 0.3) is 11.3 Å². The third kappa shape index (κ3) is 3.99. The summed E-state index contributed by atoms with van der Waals surface area (Å²) >= 11 is 0. The third-order valence-corrected chi connectivity index (χ3v) is 5.09. The molecule has 6 nitrogen and oxygen atoms in total. The molecule has 1 saturated heterocycles. The Balaban J connectivity index is 0.00000140. The van der Waals surface area contributed by atoms with E-state index in [0.29, 0.717) is 34.6 Å². The fraction of sp³-hybridized carbons (Fsp3) is 0.350. The van der Waals surface area contributed by atoms with Gasteiger partial charge >= 0.3 is 5.97 Å². The molecular formula is C20H22Cl2N2O4. The van der Waals surface area contributed by atoms with Crippen LogP contribution in [0, 0.1) is 0 Å². The normalized spacial score (nSPS) is 16.8. The number of benzene rings is 1. The molecule has 2 aromatic rings. The van der Waals surface area contributed by atoms with Gasteiger partial charge in [0.2, 0.25) is 0 Å². The number of ketones is 1. The Hall–Kier alpha value is -2.15. The fourth-order valence-electron chi connectivity index (χ4n) is 3.71. The van der Waals surface area contributed by atoms with E-state index >= 15 is 0 Å². The Bertz CT molecular complexity index is 882. The second kappa shape index (κ2) is 8.90. The predicted octanol–water partition coefficient (Wildman–Crippen LogP) is 3.47. The number of Topliss-reactive ketones (excluding diaryl/α,β-unsaturated/α-hetero) is 1. The van der Waals surface area contributed by atoms with Crippen molar-refractivity contribution < 1.29 is 19.1 Å². The summed E-state index contributed by atoms with van der Waals surface area (Å²) in [4.78, 5) is 29.1. The van der Waals surface area contributed by atoms with Crippen molar-refractivity contribution in [1.29, 1.82) is 0 Å². The predicted molar refractivity (Wildman–Crippen MR) is 110 cm³/mol. The van der Waals surface area contributed by atoms with E-state index in [9.17, 15) is 9.59 Å². The van der Waals surface area contributed by atoms with Crippen LogP contribution in [0.2, 0.25) is 0 Å². The molecular weight excluding hydrogens is 403 g/mol. The van der Waals surface area contributed by atoms with Crippen LogP contribution in [0.3, 0.4) is 0 Å². The second-order valence-electron chi connectivity index (χ2n) is 6.74. The summed E-state index contributed by atoms with van der Waals surface area (Å²) in [6.07, 6.45) is 3.65. The van der Waals surface area contributed by atoms with Crippen molar-refractivity contribution in [2.45, 2.75) is 24.9 Å². The molecule has 0 saturated carbocycles. The molecule has 0 atom stereocenters. The Morgan fingerprint density at radius 2 is 1.96 bits per heavy atom. The largest absolute Gasteiger partial charge is 0.486 e. The van der Waals surface area contributed by atoms with E-state index in [1.54, 1.807) is 30.5 Å². The van der Waals surface area contributed by atoms with Gasteiger partial charge in [0.15, 0.2) is 5.78 Å². The number of nitrogens with zero attached hydrogens (tertiary/aromatic N) is 1. The smallest absolute Gasteiger partial charge is 0.340 e. The lowest BCUT2D eigenvalue weighted by molar-refractivity contribution is 0.0187. The van der Waals surface area contributed by atoms with Gasteiger partial charge in [0.05, 0.1) is 30.4 Å². The number of pyridine rings is 1. The van der Waals surface area contributed by atoms with Gasteiger partial charge in [0.25, 0.3) is 0 Å². The SMILES string of the molecule is COC(=O)c1cccnc1-c1ccc2c(c1)C(=O)CC1(CCNCC1)O2.Cl.Cl. The monoisotopic (exact) mass is 424 g/mol. The van der Waals surface area contributed by atoms with E-state index in [1.165, 1.54) is 7.11 Å². The van der Waals surface area contributed by atoms with Gasteiger partial charge in [-0.05, 0) is 43.4 Å². The van der Waals surface area contributed by atoms with Crippen molar-refractivity contribution in [1.82, 2.24) is 10.3 Å². The zero-order valence-corrected chi connectivity index (χ0v) is 17.0. The molecule has 8 heteroatoms. The van der Waals surface area contributed by atoms with Crippen molar-refractivity contribution in [3.05, 3.63) is 47.7 Å². The molecule has 1 aromatic carbocycles. The van der Waals surface area contributed by atoms with Crippen molar-refractivity contribution in [3.63, 3.8) is 0 Å². The number of halogens is 2. The van der Waals surface area contributed by atoms with Gasteiger partial charge in [-0.25, -0.2) is 4.79 Å². The first-order chi connectivity index (χ1) is 12.6. The van der Waals surface area contributed by atoms with Crippen molar-refractivity contribution in [2.75, 3.05) is 20.2 Å². The number of carbonyl (C=O) groups excluding carboxylic acids is 2. The molecule has 0 unspecified atom stereocenters. The number of methoxy groups -OCH3 is 1. The highest BCUT2D eigenvalue weighted by molar-refractivity contribution is 6.02. The summed E-state index contributed by atoms with van der Waals surface area (Å²) in [6.45, 7) is 1.72. The van der Waals surface area contributed by atoms with Crippen molar-refractivity contribution >= 4 is 36.6 Å². The standard InChI is InChI=1S/C20H20N2O4.2ClH/c1-25-19(24)14-3-2-8-22-18(14)13-4-5-17-15(11-13)16(23)12-20(26-17)6-9-21-10-7-20;;/h2-5,8,11,21H,6-7,9-10,12H2,1H3;2*1H. The number of ether oxygens (including phenoxy) is 2. The third-order valence-electron chi connectivity index (χ3n) is 5.09. The van der Waals surface area contributed by atoms with Gasteiger partial charge < -0.3 is 14.8 Å². The molecule has 3 heterocycles. The highest BCUT2D eigenvalue weighted by Gasteiger charge is 2.41. The average molecular weight is 425 g/mol. The molecule has 1 N–H and O–H groups in total. The van der Waals surface area contributed by atoms with E-state index < -0.39 is 5.97 Å². The first kappa shape index (κ1) is 22.1. The van der Waals surface area contributed by atoms with Gasteiger partial charge in [-0.2, -0.15) is 0 Å². The highest BCUT2D eigenvalue weighted by atomic mass is 35.5. The molecule has 4 rings (SSSR count). The number of fused-ring (bicyclic) bond motifs is 1. The summed E-state index contributed by atoms with van der Waals surface area (Å²) in [5, 5.41) is 3.30. The number of carbonyl (C=O) groups is 2. The Kier molecular flexibility index (Phi) is 7.04. The molecule has 1 spiro atoms. The van der Waals surface area contributed by atoms with Crippen LogP contribution in [0.1, 0.15) is 40.0 Å². The molecule has 28 heavy (non-hydrogen) atoms. The van der Waals surface area contributed by atoms with Crippen LogP contribution >= 0.6 is 24.8 Å². The first-order valence-electron chi connectivity index (χ1n) is 8.73. The summed E-state index contributed by atoms with van der Waals surface area (Å²) < 4.78 is 11.1. The number of piperidine rings is 1. The van der Waals surface area contributed by atoms with E-state index in [2.05, 4.69) is 10.3 Å². The van der Waals surface area contributed by atoms with Crippen molar-refractivity contribution in [2.24, 2.45) is 0 Å². The van der Waals surface area contributed by atoms with Gasteiger partial charge in [-0.3, -0.25) is 9.78 Å².